The highest BCUT2D eigenvalue weighted by molar-refractivity contribution is 6.22. The maximum atomic E-state index is 12.5. The second-order valence-corrected chi connectivity index (χ2v) is 10.7. The molecule has 0 unspecified atom stereocenters. The molecular formula is C30H34N2O6. The van der Waals surface area contributed by atoms with Gasteiger partial charge >= 0.3 is 12.1 Å². The molecule has 2 aromatic rings. The summed E-state index contributed by atoms with van der Waals surface area (Å²) in [5.74, 6) is -1.45. The lowest BCUT2D eigenvalue weighted by Crippen LogP contribution is -2.30. The Morgan fingerprint density at radius 1 is 1.08 bits per heavy atom. The molecule has 0 heterocycles. The first-order chi connectivity index (χ1) is 18.1. The van der Waals surface area contributed by atoms with Gasteiger partial charge in [-0.15, -0.1) is 0 Å². The Kier molecular flexibility index (Phi) is 7.99. The first kappa shape index (κ1) is 27.1. The molecule has 0 radical (unpaired) electrons. The maximum absolute atomic E-state index is 12.5. The summed E-state index contributed by atoms with van der Waals surface area (Å²) in [5, 5.41) is 22.7. The van der Waals surface area contributed by atoms with E-state index < -0.39 is 18.1 Å². The van der Waals surface area contributed by atoms with Crippen molar-refractivity contribution in [3.8, 4) is 11.1 Å². The van der Waals surface area contributed by atoms with Crippen molar-refractivity contribution in [2.45, 2.75) is 58.4 Å². The Morgan fingerprint density at radius 2 is 1.68 bits per heavy atom. The molecule has 38 heavy (non-hydrogen) atoms. The van der Waals surface area contributed by atoms with Gasteiger partial charge < -0.3 is 20.3 Å². The van der Waals surface area contributed by atoms with Crippen molar-refractivity contribution in [2.24, 2.45) is 10.4 Å². The van der Waals surface area contributed by atoms with E-state index in [2.05, 4.69) is 22.4 Å². The molecule has 8 heteroatoms. The predicted octanol–water partition coefficient (Wildman–Crippen LogP) is 5.42. The number of carboxylic acids is 1. The number of rotatable bonds is 9. The third-order valence-corrected chi connectivity index (χ3v) is 7.12. The van der Waals surface area contributed by atoms with Crippen LogP contribution in [0.3, 0.4) is 0 Å². The number of nitrogens with zero attached hydrogens (tertiary/aromatic N) is 1. The number of fused-ring (bicyclic) bond motifs is 3. The van der Waals surface area contributed by atoms with E-state index in [0.717, 1.165) is 22.3 Å². The van der Waals surface area contributed by atoms with E-state index in [1.165, 1.54) is 0 Å². The van der Waals surface area contributed by atoms with Crippen LogP contribution in [-0.4, -0.2) is 53.0 Å². The highest BCUT2D eigenvalue weighted by atomic mass is 16.5. The number of aliphatic imine (C=N–C) groups is 1. The fourth-order valence-corrected chi connectivity index (χ4v) is 5.38. The van der Waals surface area contributed by atoms with Crippen molar-refractivity contribution in [3.63, 3.8) is 0 Å². The number of aliphatic carboxylic acids is 1. The fraction of sp³-hybridized carbons (Fsp3) is 0.400. The fourth-order valence-electron chi connectivity index (χ4n) is 5.38. The molecule has 2 aromatic carbocycles. The first-order valence-electron chi connectivity index (χ1n) is 12.9. The molecule has 8 nitrogen and oxygen atoms in total. The van der Waals surface area contributed by atoms with Gasteiger partial charge in [0, 0.05) is 31.0 Å². The number of carboxylic acid groups (broad SMARTS) is 1. The number of hydrogen-bond donors (Lipinski definition) is 3. The zero-order chi connectivity index (χ0) is 27.4. The number of benzene rings is 2. The Hall–Kier alpha value is -3.94. The Morgan fingerprint density at radius 3 is 2.26 bits per heavy atom. The number of amides is 1. The number of Topliss-reactive ketones (excluding diaryl/α,β-unsaturated/α-hetero) is 1. The molecule has 1 amide bonds. The van der Waals surface area contributed by atoms with Crippen molar-refractivity contribution in [1.82, 2.24) is 5.32 Å². The molecule has 0 saturated carbocycles. The third-order valence-electron chi connectivity index (χ3n) is 7.12. The largest absolute Gasteiger partial charge is 0.511 e. The van der Waals surface area contributed by atoms with Crippen LogP contribution in [0.25, 0.3) is 11.1 Å². The molecule has 2 aliphatic rings. The topological polar surface area (TPSA) is 125 Å². The van der Waals surface area contributed by atoms with Crippen LogP contribution < -0.4 is 5.32 Å². The second kappa shape index (κ2) is 11.2. The first-order valence-corrected chi connectivity index (χ1v) is 12.9. The molecule has 0 saturated heterocycles. The van der Waals surface area contributed by atoms with E-state index in [1.54, 1.807) is 6.92 Å². The summed E-state index contributed by atoms with van der Waals surface area (Å²) in [7, 11) is 0. The number of allylic oxidation sites excluding steroid dienone is 2. The van der Waals surface area contributed by atoms with Gasteiger partial charge in [-0.1, -0.05) is 62.4 Å². The summed E-state index contributed by atoms with van der Waals surface area (Å²) in [5.41, 5.74) is 4.54. The third kappa shape index (κ3) is 5.96. The number of aliphatic hydroxyl groups excluding tert-OH is 1. The van der Waals surface area contributed by atoms with Crippen molar-refractivity contribution < 1.29 is 29.3 Å². The van der Waals surface area contributed by atoms with E-state index in [-0.39, 0.29) is 60.2 Å². The van der Waals surface area contributed by atoms with E-state index >= 15 is 0 Å². The molecule has 4 rings (SSSR count). The number of carbonyl (C=O) groups excluding carboxylic acids is 2. The highest BCUT2D eigenvalue weighted by Crippen LogP contribution is 2.44. The van der Waals surface area contributed by atoms with Crippen molar-refractivity contribution in [3.05, 3.63) is 71.0 Å². The van der Waals surface area contributed by atoms with E-state index in [1.807, 2.05) is 50.2 Å². The van der Waals surface area contributed by atoms with Crippen LogP contribution in [0.2, 0.25) is 0 Å². The summed E-state index contributed by atoms with van der Waals surface area (Å²) in [6.07, 6.45) is 0.543. The average Bonchev–Trinajstić information content (AvgIpc) is 3.17. The summed E-state index contributed by atoms with van der Waals surface area (Å²) in [6, 6.07) is 15.1. The smallest absolute Gasteiger partial charge is 0.407 e. The minimum atomic E-state index is -1.13. The molecule has 0 bridgehead atoms. The molecule has 0 spiro atoms. The number of hydrogen-bond acceptors (Lipinski definition) is 6. The summed E-state index contributed by atoms with van der Waals surface area (Å²) in [6.45, 7) is 5.76. The Balaban J connectivity index is 1.29. The molecule has 0 aliphatic heterocycles. The predicted molar refractivity (Wildman–Crippen MR) is 145 cm³/mol. The van der Waals surface area contributed by atoms with Gasteiger partial charge in [0.15, 0.2) is 5.78 Å². The van der Waals surface area contributed by atoms with Crippen molar-refractivity contribution in [2.75, 3.05) is 13.2 Å². The SMILES string of the molecule is CC(=N[C@@H](CCCNC(=O)OCC1c2ccccc2-c2ccccc21)C(=O)O)C1=C(O)CC(C)(C)CC1=O. The second-order valence-electron chi connectivity index (χ2n) is 10.7. The van der Waals surface area contributed by atoms with Crippen molar-refractivity contribution in [1.29, 1.82) is 0 Å². The minimum absolute atomic E-state index is 0.0411. The van der Waals surface area contributed by atoms with Crippen LogP contribution in [0.4, 0.5) is 4.79 Å². The summed E-state index contributed by atoms with van der Waals surface area (Å²) in [4.78, 5) is 40.9. The lowest BCUT2D eigenvalue weighted by molar-refractivity contribution is -0.138. The van der Waals surface area contributed by atoms with Crippen LogP contribution >= 0.6 is 0 Å². The lowest BCUT2D eigenvalue weighted by atomic mass is 9.75. The van der Waals surface area contributed by atoms with Crippen molar-refractivity contribution >= 4 is 23.6 Å². The average molecular weight is 519 g/mol. The molecule has 1 atom stereocenters. The Bertz CT molecular complexity index is 1260. The van der Waals surface area contributed by atoms with Crippen LogP contribution in [0.15, 0.2) is 64.9 Å². The van der Waals surface area contributed by atoms with Gasteiger partial charge in [-0.05, 0) is 47.4 Å². The zero-order valence-electron chi connectivity index (χ0n) is 22.0. The molecular weight excluding hydrogens is 484 g/mol. The van der Waals surface area contributed by atoms with Crippen LogP contribution in [-0.2, 0) is 14.3 Å². The monoisotopic (exact) mass is 518 g/mol. The number of aliphatic hydroxyl groups is 1. The number of carbonyl (C=O) groups is 3. The van der Waals surface area contributed by atoms with Crippen LogP contribution in [0.1, 0.15) is 63.5 Å². The van der Waals surface area contributed by atoms with Gasteiger partial charge in [-0.25, -0.2) is 9.59 Å². The van der Waals surface area contributed by atoms with E-state index in [4.69, 9.17) is 4.74 Å². The number of alkyl carbamates (subject to hydrolysis) is 1. The standard InChI is InChI=1S/C30H34N2O6/c1-18(27-25(33)15-30(2,3)16-26(27)34)32-24(28(35)36)13-8-14-31-29(37)38-17-23-21-11-6-4-9-19(21)20-10-5-7-12-22(20)23/h4-7,9-12,23-24,33H,8,13-17H2,1-3H3,(H,31,37)(H,35,36)/t24-/m0/s1. The van der Waals surface area contributed by atoms with Gasteiger partial charge in [0.05, 0.1) is 5.57 Å². The normalized spacial score (nSPS) is 17.6. The quantitative estimate of drug-likeness (QED) is 0.301. The lowest BCUT2D eigenvalue weighted by Gasteiger charge is -2.29. The molecule has 0 fully saturated rings. The molecule has 3 N–H and O–H groups in total. The Labute approximate surface area is 222 Å². The van der Waals surface area contributed by atoms with Gasteiger partial charge in [-0.3, -0.25) is 9.79 Å². The number of ether oxygens (including phenoxy) is 1. The molecule has 2 aliphatic carbocycles. The van der Waals surface area contributed by atoms with Gasteiger partial charge in [-0.2, -0.15) is 0 Å². The van der Waals surface area contributed by atoms with Gasteiger partial charge in [0.1, 0.15) is 18.4 Å². The van der Waals surface area contributed by atoms with E-state index in [9.17, 15) is 24.6 Å². The maximum Gasteiger partial charge on any atom is 0.407 e. The zero-order valence-corrected chi connectivity index (χ0v) is 22.0. The van der Waals surface area contributed by atoms with Crippen LogP contribution in [0, 0.1) is 5.41 Å². The van der Waals surface area contributed by atoms with E-state index in [0.29, 0.717) is 12.8 Å². The number of ketones is 1. The molecule has 200 valence electrons. The van der Waals surface area contributed by atoms with Gasteiger partial charge in [0.2, 0.25) is 0 Å². The minimum Gasteiger partial charge on any atom is -0.511 e. The molecule has 0 aromatic heterocycles. The van der Waals surface area contributed by atoms with Gasteiger partial charge in [0.25, 0.3) is 0 Å². The number of nitrogens with one attached hydrogen (secondary N) is 1. The van der Waals surface area contributed by atoms with Crippen LogP contribution in [0.5, 0.6) is 0 Å². The summed E-state index contributed by atoms with van der Waals surface area (Å²) < 4.78 is 5.51. The summed E-state index contributed by atoms with van der Waals surface area (Å²) >= 11 is 0. The highest BCUT2D eigenvalue weighted by Gasteiger charge is 2.34.